The Morgan fingerprint density at radius 2 is 2.19 bits per heavy atom. The van der Waals surface area contributed by atoms with Gasteiger partial charge in [-0.1, -0.05) is 6.07 Å². The zero-order valence-corrected chi connectivity index (χ0v) is 11.3. The Kier molecular flexibility index (Phi) is 4.77. The third kappa shape index (κ3) is 3.20. The van der Waals surface area contributed by atoms with Gasteiger partial charge in [-0.2, -0.15) is 0 Å². The molecular formula is C12H18BrNO2. The van der Waals surface area contributed by atoms with Gasteiger partial charge >= 0.3 is 0 Å². The predicted molar refractivity (Wildman–Crippen MR) is 68.6 cm³/mol. The highest BCUT2D eigenvalue weighted by atomic mass is 79.9. The molecule has 3 nitrogen and oxygen atoms in total. The second kappa shape index (κ2) is 5.66. The highest BCUT2D eigenvalue weighted by Crippen LogP contribution is 2.31. The molecule has 1 rings (SSSR count). The van der Waals surface area contributed by atoms with Crippen LogP contribution in [0.1, 0.15) is 25.3 Å². The summed E-state index contributed by atoms with van der Waals surface area (Å²) in [4.78, 5) is 0. The zero-order valence-electron chi connectivity index (χ0n) is 9.66. The number of methoxy groups -OCH3 is 1. The molecule has 0 saturated carbocycles. The molecule has 0 aromatic heterocycles. The molecule has 0 aliphatic rings. The largest absolute Gasteiger partial charge is 0.496 e. The predicted octanol–water partition coefficient (Wildman–Crippen LogP) is 2.40. The number of rotatable bonds is 5. The van der Waals surface area contributed by atoms with Gasteiger partial charge in [-0.25, -0.2) is 0 Å². The van der Waals surface area contributed by atoms with Crippen LogP contribution in [0.15, 0.2) is 22.7 Å². The first-order valence-corrected chi connectivity index (χ1v) is 6.04. The summed E-state index contributed by atoms with van der Waals surface area (Å²) in [7, 11) is 1.63. The lowest BCUT2D eigenvalue weighted by Gasteiger charge is -2.25. The molecule has 4 heteroatoms. The number of halogens is 1. The second-order valence-corrected chi connectivity index (χ2v) is 4.95. The molecule has 0 bridgehead atoms. The van der Waals surface area contributed by atoms with Crippen molar-refractivity contribution in [1.29, 1.82) is 0 Å². The minimum absolute atomic E-state index is 0.171. The van der Waals surface area contributed by atoms with E-state index in [9.17, 15) is 0 Å². The van der Waals surface area contributed by atoms with Gasteiger partial charge in [-0.05, 0) is 53.4 Å². The number of ether oxygens (including phenoxy) is 1. The summed E-state index contributed by atoms with van der Waals surface area (Å²) in [6, 6.07) is 5.82. The number of aliphatic hydroxyl groups excluding tert-OH is 1. The Labute approximate surface area is 105 Å². The molecule has 1 aromatic carbocycles. The monoisotopic (exact) mass is 287 g/mol. The van der Waals surface area contributed by atoms with Crippen molar-refractivity contribution >= 4 is 15.9 Å². The molecule has 0 fully saturated rings. The molecule has 0 amide bonds. The number of benzene rings is 1. The van der Waals surface area contributed by atoms with Gasteiger partial charge in [0.1, 0.15) is 5.75 Å². The molecule has 1 unspecified atom stereocenters. The van der Waals surface area contributed by atoms with Crippen LogP contribution in [0.2, 0.25) is 0 Å². The maximum Gasteiger partial charge on any atom is 0.133 e. The highest BCUT2D eigenvalue weighted by Gasteiger charge is 2.21. The average molecular weight is 288 g/mol. The first-order valence-electron chi connectivity index (χ1n) is 5.25. The summed E-state index contributed by atoms with van der Waals surface area (Å²) in [5.74, 6) is 0.793. The molecule has 16 heavy (non-hydrogen) atoms. The molecule has 0 heterocycles. The lowest BCUT2D eigenvalue weighted by Crippen LogP contribution is -2.33. The minimum Gasteiger partial charge on any atom is -0.496 e. The third-order valence-corrected chi connectivity index (χ3v) is 3.29. The van der Waals surface area contributed by atoms with E-state index < -0.39 is 5.54 Å². The van der Waals surface area contributed by atoms with E-state index in [0.717, 1.165) is 22.2 Å². The van der Waals surface area contributed by atoms with Crippen LogP contribution in [0.5, 0.6) is 5.75 Å². The van der Waals surface area contributed by atoms with E-state index in [-0.39, 0.29) is 6.61 Å². The standard InChI is InChI=1S/C12H18BrNO2/c1-12(14,6-3-7-15)9-4-5-11(16-2)10(13)8-9/h4-5,8,15H,3,6-7,14H2,1-2H3. The SMILES string of the molecule is COc1ccc(C(C)(N)CCCO)cc1Br. The quantitative estimate of drug-likeness (QED) is 0.874. The van der Waals surface area contributed by atoms with Crippen LogP contribution in [0.25, 0.3) is 0 Å². The lowest BCUT2D eigenvalue weighted by molar-refractivity contribution is 0.265. The Bertz CT molecular complexity index is 353. The van der Waals surface area contributed by atoms with Crippen LogP contribution in [-0.2, 0) is 5.54 Å². The van der Waals surface area contributed by atoms with Gasteiger partial charge in [0.15, 0.2) is 0 Å². The topological polar surface area (TPSA) is 55.5 Å². The molecule has 1 aromatic rings. The second-order valence-electron chi connectivity index (χ2n) is 4.09. The Hall–Kier alpha value is -0.580. The number of hydrogen-bond donors (Lipinski definition) is 2. The molecule has 90 valence electrons. The fourth-order valence-electron chi connectivity index (χ4n) is 1.61. The molecule has 3 N–H and O–H groups in total. The van der Waals surface area contributed by atoms with Crippen molar-refractivity contribution in [2.24, 2.45) is 5.73 Å². The fourth-order valence-corrected chi connectivity index (χ4v) is 2.15. The van der Waals surface area contributed by atoms with Gasteiger partial charge in [0, 0.05) is 12.1 Å². The van der Waals surface area contributed by atoms with Crippen molar-refractivity contribution in [3.05, 3.63) is 28.2 Å². The van der Waals surface area contributed by atoms with Gasteiger partial charge < -0.3 is 15.6 Å². The first kappa shape index (κ1) is 13.5. The molecular weight excluding hydrogens is 270 g/mol. The van der Waals surface area contributed by atoms with E-state index in [1.807, 2.05) is 25.1 Å². The number of hydrogen-bond acceptors (Lipinski definition) is 3. The molecule has 0 radical (unpaired) electrons. The first-order chi connectivity index (χ1) is 7.51. The summed E-state index contributed by atoms with van der Waals surface area (Å²) in [6.45, 7) is 2.14. The van der Waals surface area contributed by atoms with Crippen molar-refractivity contribution in [3.8, 4) is 5.75 Å². The highest BCUT2D eigenvalue weighted by molar-refractivity contribution is 9.10. The minimum atomic E-state index is -0.419. The van der Waals surface area contributed by atoms with Crippen LogP contribution in [0, 0.1) is 0 Å². The smallest absolute Gasteiger partial charge is 0.133 e. The average Bonchev–Trinajstić information content (AvgIpc) is 2.26. The zero-order chi connectivity index (χ0) is 12.2. The maximum absolute atomic E-state index is 8.83. The maximum atomic E-state index is 8.83. The van der Waals surface area contributed by atoms with Crippen molar-refractivity contribution in [3.63, 3.8) is 0 Å². The van der Waals surface area contributed by atoms with Crippen LogP contribution in [-0.4, -0.2) is 18.8 Å². The lowest BCUT2D eigenvalue weighted by atomic mass is 9.88. The molecule has 0 aliphatic carbocycles. The van der Waals surface area contributed by atoms with Crippen molar-refractivity contribution in [2.45, 2.75) is 25.3 Å². The molecule has 1 atom stereocenters. The van der Waals surface area contributed by atoms with Gasteiger partial charge in [-0.15, -0.1) is 0 Å². The molecule has 0 aliphatic heterocycles. The van der Waals surface area contributed by atoms with E-state index >= 15 is 0 Å². The van der Waals surface area contributed by atoms with Gasteiger partial charge in [0.25, 0.3) is 0 Å². The molecule has 0 saturated heterocycles. The van der Waals surface area contributed by atoms with Crippen LogP contribution in [0.3, 0.4) is 0 Å². The summed E-state index contributed by atoms with van der Waals surface area (Å²) in [5, 5.41) is 8.83. The van der Waals surface area contributed by atoms with Crippen LogP contribution < -0.4 is 10.5 Å². The summed E-state index contributed by atoms with van der Waals surface area (Å²) < 4.78 is 6.06. The Morgan fingerprint density at radius 3 is 2.69 bits per heavy atom. The molecule has 0 spiro atoms. The van der Waals surface area contributed by atoms with E-state index in [0.29, 0.717) is 6.42 Å². The Balaban J connectivity index is 2.91. The van der Waals surface area contributed by atoms with Gasteiger partial charge in [0.2, 0.25) is 0 Å². The summed E-state index contributed by atoms with van der Waals surface area (Å²) >= 11 is 3.44. The third-order valence-electron chi connectivity index (χ3n) is 2.67. The van der Waals surface area contributed by atoms with E-state index in [4.69, 9.17) is 15.6 Å². The van der Waals surface area contributed by atoms with Gasteiger partial charge in [-0.3, -0.25) is 0 Å². The van der Waals surface area contributed by atoms with Crippen molar-refractivity contribution in [1.82, 2.24) is 0 Å². The summed E-state index contributed by atoms with van der Waals surface area (Å²) in [6.07, 6.45) is 1.46. The Morgan fingerprint density at radius 1 is 1.50 bits per heavy atom. The van der Waals surface area contributed by atoms with E-state index in [1.165, 1.54) is 0 Å². The fraction of sp³-hybridized carbons (Fsp3) is 0.500. The number of aliphatic hydroxyl groups is 1. The van der Waals surface area contributed by atoms with E-state index in [2.05, 4.69) is 15.9 Å². The van der Waals surface area contributed by atoms with Crippen LogP contribution in [0.4, 0.5) is 0 Å². The van der Waals surface area contributed by atoms with Crippen molar-refractivity contribution < 1.29 is 9.84 Å². The van der Waals surface area contributed by atoms with Gasteiger partial charge in [0.05, 0.1) is 11.6 Å². The van der Waals surface area contributed by atoms with Crippen LogP contribution >= 0.6 is 15.9 Å². The number of nitrogens with two attached hydrogens (primary N) is 1. The normalized spacial score (nSPS) is 14.6. The van der Waals surface area contributed by atoms with E-state index in [1.54, 1.807) is 7.11 Å². The summed E-state index contributed by atoms with van der Waals surface area (Å²) in [5.41, 5.74) is 6.83. The van der Waals surface area contributed by atoms with Crippen molar-refractivity contribution in [2.75, 3.05) is 13.7 Å².